The highest BCUT2D eigenvalue weighted by molar-refractivity contribution is 6.00. The van der Waals surface area contributed by atoms with Crippen molar-refractivity contribution < 1.29 is 9.53 Å². The van der Waals surface area contributed by atoms with Gasteiger partial charge in [-0.3, -0.25) is 4.79 Å². The molecule has 1 aliphatic heterocycles. The molecule has 0 bridgehead atoms. The van der Waals surface area contributed by atoms with E-state index in [0.29, 0.717) is 5.75 Å². The molecule has 20 heavy (non-hydrogen) atoms. The van der Waals surface area contributed by atoms with Crippen LogP contribution in [0, 0.1) is 5.92 Å². The zero-order chi connectivity index (χ0) is 14.8. The smallest absolute Gasteiger partial charge is 0.169 e. The lowest BCUT2D eigenvalue weighted by Crippen LogP contribution is -2.32. The predicted octanol–water partition coefficient (Wildman–Crippen LogP) is 3.18. The van der Waals surface area contributed by atoms with Crippen molar-refractivity contribution in [3.8, 4) is 5.75 Å². The Balaban J connectivity index is 2.34. The number of benzene rings is 1. The molecule has 1 aromatic carbocycles. The minimum atomic E-state index is 0.0371. The number of methoxy groups -OCH3 is 1. The second-order valence-electron chi connectivity index (χ2n) is 6.55. The maximum absolute atomic E-state index is 12.8. The van der Waals surface area contributed by atoms with Gasteiger partial charge in [0.2, 0.25) is 0 Å². The third-order valence-corrected chi connectivity index (χ3v) is 4.04. The predicted molar refractivity (Wildman–Crippen MR) is 81.6 cm³/mol. The van der Waals surface area contributed by atoms with Crippen molar-refractivity contribution in [2.45, 2.75) is 39.0 Å². The third-order valence-electron chi connectivity index (χ3n) is 4.04. The highest BCUT2D eigenvalue weighted by Crippen LogP contribution is 2.30. The maximum atomic E-state index is 12.8. The first-order valence-corrected chi connectivity index (χ1v) is 7.37. The van der Waals surface area contributed by atoms with Crippen LogP contribution in [0.4, 0.5) is 0 Å². The molecule has 1 aliphatic rings. The summed E-state index contributed by atoms with van der Waals surface area (Å²) in [6.45, 7) is 8.34. The van der Waals surface area contributed by atoms with Gasteiger partial charge in [-0.15, -0.1) is 0 Å². The fourth-order valence-corrected chi connectivity index (χ4v) is 2.67. The second-order valence-corrected chi connectivity index (χ2v) is 6.55. The maximum Gasteiger partial charge on any atom is 0.169 e. The van der Waals surface area contributed by atoms with Gasteiger partial charge in [0.1, 0.15) is 5.75 Å². The minimum absolute atomic E-state index is 0.0371. The van der Waals surface area contributed by atoms with Gasteiger partial charge in [-0.25, -0.2) is 0 Å². The molecule has 0 radical (unpaired) electrons. The normalized spacial score (nSPS) is 17.0. The summed E-state index contributed by atoms with van der Waals surface area (Å²) < 4.78 is 5.39. The topological polar surface area (TPSA) is 38.3 Å². The molecule has 0 saturated carbocycles. The van der Waals surface area contributed by atoms with Crippen molar-refractivity contribution in [1.29, 1.82) is 0 Å². The van der Waals surface area contributed by atoms with Crippen LogP contribution in [0.2, 0.25) is 0 Å². The van der Waals surface area contributed by atoms with E-state index in [0.717, 1.165) is 31.5 Å². The van der Waals surface area contributed by atoms with E-state index in [1.807, 2.05) is 12.1 Å². The van der Waals surface area contributed by atoms with Crippen LogP contribution in [0.15, 0.2) is 18.2 Å². The Morgan fingerprint density at radius 2 is 1.90 bits per heavy atom. The molecule has 0 atom stereocenters. The van der Waals surface area contributed by atoms with Crippen LogP contribution in [0.5, 0.6) is 5.75 Å². The van der Waals surface area contributed by atoms with Gasteiger partial charge < -0.3 is 10.1 Å². The van der Waals surface area contributed by atoms with E-state index in [-0.39, 0.29) is 17.1 Å². The number of ether oxygens (including phenoxy) is 1. The van der Waals surface area contributed by atoms with E-state index in [1.165, 1.54) is 5.56 Å². The lowest BCUT2D eigenvalue weighted by Gasteiger charge is -2.24. The van der Waals surface area contributed by atoms with Crippen molar-refractivity contribution in [2.24, 2.45) is 5.92 Å². The van der Waals surface area contributed by atoms with Gasteiger partial charge in [0, 0.05) is 5.92 Å². The van der Waals surface area contributed by atoms with Crippen LogP contribution in [0.1, 0.15) is 49.5 Å². The number of hydrogen-bond donors (Lipinski definition) is 1. The number of carbonyl (C=O) groups excluding carboxylic acids is 1. The fraction of sp³-hybridized carbons (Fsp3) is 0.588. The van der Waals surface area contributed by atoms with Crippen molar-refractivity contribution in [2.75, 3.05) is 20.2 Å². The summed E-state index contributed by atoms with van der Waals surface area (Å²) in [5.74, 6) is 1.05. The van der Waals surface area contributed by atoms with Crippen LogP contribution in [-0.4, -0.2) is 26.0 Å². The van der Waals surface area contributed by atoms with Gasteiger partial charge in [-0.2, -0.15) is 0 Å². The van der Waals surface area contributed by atoms with Crippen LogP contribution in [-0.2, 0) is 5.41 Å². The molecular weight excluding hydrogens is 250 g/mol. The van der Waals surface area contributed by atoms with E-state index in [1.54, 1.807) is 7.11 Å². The average molecular weight is 275 g/mol. The molecule has 1 N–H and O–H groups in total. The van der Waals surface area contributed by atoms with E-state index in [9.17, 15) is 4.79 Å². The number of carbonyl (C=O) groups is 1. The molecule has 0 spiro atoms. The fourth-order valence-electron chi connectivity index (χ4n) is 2.67. The molecule has 0 amide bonds. The molecular formula is C17H25NO2. The van der Waals surface area contributed by atoms with Gasteiger partial charge in [-0.05, 0) is 49.0 Å². The first-order chi connectivity index (χ1) is 9.43. The summed E-state index contributed by atoms with van der Waals surface area (Å²) in [6.07, 6.45) is 1.84. The van der Waals surface area contributed by atoms with Crippen LogP contribution >= 0.6 is 0 Å². The van der Waals surface area contributed by atoms with Gasteiger partial charge in [0.05, 0.1) is 12.7 Å². The Kier molecular flexibility index (Phi) is 4.48. The largest absolute Gasteiger partial charge is 0.496 e. The second kappa shape index (κ2) is 5.96. The average Bonchev–Trinajstić information content (AvgIpc) is 2.45. The molecule has 1 saturated heterocycles. The van der Waals surface area contributed by atoms with Crippen molar-refractivity contribution in [1.82, 2.24) is 5.32 Å². The van der Waals surface area contributed by atoms with Crippen molar-refractivity contribution >= 4 is 5.78 Å². The molecule has 2 rings (SSSR count). The molecule has 3 nitrogen and oxygen atoms in total. The number of ketones is 1. The zero-order valence-corrected chi connectivity index (χ0v) is 13.0. The lowest BCUT2D eigenvalue weighted by molar-refractivity contribution is 0.0892. The Morgan fingerprint density at radius 3 is 2.45 bits per heavy atom. The molecule has 3 heteroatoms. The van der Waals surface area contributed by atoms with E-state index in [4.69, 9.17) is 4.74 Å². The summed E-state index contributed by atoms with van der Waals surface area (Å²) in [6, 6.07) is 6.00. The summed E-state index contributed by atoms with van der Waals surface area (Å²) in [5.41, 5.74) is 1.96. The Morgan fingerprint density at radius 1 is 1.25 bits per heavy atom. The molecule has 1 fully saturated rings. The highest BCUT2D eigenvalue weighted by Gasteiger charge is 2.26. The van der Waals surface area contributed by atoms with E-state index < -0.39 is 0 Å². The lowest BCUT2D eigenvalue weighted by atomic mass is 9.83. The first kappa shape index (κ1) is 15.0. The Hall–Kier alpha value is -1.35. The monoisotopic (exact) mass is 275 g/mol. The molecule has 0 unspecified atom stereocenters. The summed E-state index contributed by atoms with van der Waals surface area (Å²) in [4.78, 5) is 12.8. The summed E-state index contributed by atoms with van der Waals surface area (Å²) >= 11 is 0. The van der Waals surface area contributed by atoms with Gasteiger partial charge >= 0.3 is 0 Å². The molecule has 0 aromatic heterocycles. The molecule has 0 aliphatic carbocycles. The number of rotatable bonds is 3. The van der Waals surface area contributed by atoms with Crippen molar-refractivity contribution in [3.05, 3.63) is 29.3 Å². The van der Waals surface area contributed by atoms with Crippen LogP contribution in [0.3, 0.4) is 0 Å². The van der Waals surface area contributed by atoms with Gasteiger partial charge in [-0.1, -0.05) is 26.8 Å². The van der Waals surface area contributed by atoms with E-state index >= 15 is 0 Å². The van der Waals surface area contributed by atoms with Crippen molar-refractivity contribution in [3.63, 3.8) is 0 Å². The molecule has 1 heterocycles. The first-order valence-electron chi connectivity index (χ1n) is 7.37. The number of hydrogen-bond acceptors (Lipinski definition) is 3. The third kappa shape index (κ3) is 3.21. The van der Waals surface area contributed by atoms with Gasteiger partial charge in [0.15, 0.2) is 5.78 Å². The van der Waals surface area contributed by atoms with E-state index in [2.05, 4.69) is 32.2 Å². The number of nitrogens with one attached hydrogen (secondary N) is 1. The Labute approximate surface area is 121 Å². The number of Topliss-reactive ketones (excluding diaryl/α,β-unsaturated/α-hetero) is 1. The van der Waals surface area contributed by atoms with Crippen LogP contribution < -0.4 is 10.1 Å². The molecule has 110 valence electrons. The molecule has 1 aromatic rings. The highest BCUT2D eigenvalue weighted by atomic mass is 16.5. The SMILES string of the molecule is COc1ccc(C(C)(C)C)cc1C(=O)C1CCNCC1. The number of piperidine rings is 1. The van der Waals surface area contributed by atoms with Crippen LogP contribution in [0.25, 0.3) is 0 Å². The summed E-state index contributed by atoms with van der Waals surface area (Å²) in [7, 11) is 1.63. The quantitative estimate of drug-likeness (QED) is 0.861. The zero-order valence-electron chi connectivity index (χ0n) is 13.0. The van der Waals surface area contributed by atoms with Gasteiger partial charge in [0.25, 0.3) is 0 Å². The summed E-state index contributed by atoms with van der Waals surface area (Å²) in [5, 5.41) is 3.30. The standard InChI is InChI=1S/C17H25NO2/c1-17(2,3)13-5-6-15(20-4)14(11-13)16(19)12-7-9-18-10-8-12/h5-6,11-12,18H,7-10H2,1-4H3. The Bertz CT molecular complexity index is 482. The minimum Gasteiger partial charge on any atom is -0.496 e.